The zero-order valence-electron chi connectivity index (χ0n) is 30.5. The van der Waals surface area contributed by atoms with Crippen molar-refractivity contribution >= 4 is 22.7 Å². The second kappa shape index (κ2) is 11.4. The number of hydrogen-bond acceptors (Lipinski definition) is 4. The lowest BCUT2D eigenvalue weighted by molar-refractivity contribution is 0.418. The van der Waals surface area contributed by atoms with Crippen LogP contribution in [0.3, 0.4) is 0 Å². The Morgan fingerprint density at radius 3 is 0.963 bits per heavy atom. The lowest BCUT2D eigenvalue weighted by Gasteiger charge is -2.50. The van der Waals surface area contributed by atoms with E-state index in [1.165, 1.54) is 86.3 Å². The van der Waals surface area contributed by atoms with Crippen LogP contribution < -0.4 is 9.47 Å². The molecule has 6 aromatic carbocycles. The first-order valence-corrected chi connectivity index (χ1v) is 20.2. The Kier molecular flexibility index (Phi) is 6.72. The van der Waals surface area contributed by atoms with Crippen LogP contribution >= 0.6 is 22.7 Å². The first-order valence-electron chi connectivity index (χ1n) is 18.6. The lowest BCUT2D eigenvalue weighted by atomic mass is 9.54. The molecular weight excluding hydrogens is 697 g/mol. The van der Waals surface area contributed by atoms with Crippen molar-refractivity contribution < 1.29 is 9.47 Å². The molecule has 1 aliphatic carbocycles. The summed E-state index contributed by atoms with van der Waals surface area (Å²) in [5, 5.41) is 0. The number of rotatable bonds is 2. The molecule has 4 heteroatoms. The summed E-state index contributed by atoms with van der Waals surface area (Å²) >= 11 is 3.87. The van der Waals surface area contributed by atoms with Gasteiger partial charge in [-0.15, -0.1) is 22.7 Å². The Morgan fingerprint density at radius 2 is 0.648 bits per heavy atom. The molecule has 0 radical (unpaired) electrons. The van der Waals surface area contributed by atoms with Crippen LogP contribution in [0.4, 0.5) is 0 Å². The summed E-state index contributed by atoms with van der Waals surface area (Å²) in [6, 6.07) is 53.8. The SMILES string of the molecule is Cc1cc(C)cc(-c2cc3c(s2)C2(c4ccccc4Oc4ccccc42)c2cc(-c4cc(C)cc(C)c4)sc2C32c3ccccc3Oc3ccccc32)c1. The minimum absolute atomic E-state index is 0.640. The van der Waals surface area contributed by atoms with Gasteiger partial charge in [0.25, 0.3) is 0 Å². The van der Waals surface area contributed by atoms with E-state index in [-0.39, 0.29) is 0 Å². The van der Waals surface area contributed by atoms with Gasteiger partial charge in [-0.3, -0.25) is 0 Å². The molecule has 11 rings (SSSR count). The quantitative estimate of drug-likeness (QED) is 0.176. The van der Waals surface area contributed by atoms with E-state index in [9.17, 15) is 0 Å². The maximum Gasteiger partial charge on any atom is 0.132 e. The molecule has 0 fully saturated rings. The average Bonchev–Trinajstić information content (AvgIpc) is 3.83. The number of fused-ring (bicyclic) bond motifs is 14. The molecule has 2 aliphatic heterocycles. The summed E-state index contributed by atoms with van der Waals surface area (Å²) in [6.45, 7) is 8.81. The largest absolute Gasteiger partial charge is 0.457 e. The van der Waals surface area contributed by atoms with Crippen molar-refractivity contribution in [3.63, 3.8) is 0 Å². The molecule has 0 saturated carbocycles. The van der Waals surface area contributed by atoms with Gasteiger partial charge in [0, 0.05) is 41.8 Å². The van der Waals surface area contributed by atoms with Gasteiger partial charge in [-0.05, 0) is 86.3 Å². The Hall–Kier alpha value is -5.68. The molecule has 2 spiro atoms. The molecule has 4 heterocycles. The van der Waals surface area contributed by atoms with Gasteiger partial charge in [-0.25, -0.2) is 0 Å². The van der Waals surface area contributed by atoms with Gasteiger partial charge < -0.3 is 9.47 Å². The standard InChI is InChI=1S/C50H36O2S2/c1-29-21-30(2)24-33(23-29)45-27-39-47(53-45)50(37-15-7-11-19-43(37)52-44-20-12-8-16-38(44)50)40-28-46(34-25-31(3)22-32(4)26-34)54-48(40)49(39)35-13-5-9-17-41(35)51-42-18-10-6-14-36(42)49/h5-28H,1-4H3. The zero-order valence-corrected chi connectivity index (χ0v) is 32.1. The van der Waals surface area contributed by atoms with E-state index < -0.39 is 10.8 Å². The fourth-order valence-electron chi connectivity index (χ4n) is 9.72. The number of thiophene rings is 2. The molecule has 0 N–H and O–H groups in total. The summed E-state index contributed by atoms with van der Waals surface area (Å²) in [4.78, 5) is 5.17. The highest BCUT2D eigenvalue weighted by molar-refractivity contribution is 7.17. The Morgan fingerprint density at radius 1 is 0.352 bits per heavy atom. The van der Waals surface area contributed by atoms with Gasteiger partial charge >= 0.3 is 0 Å². The highest BCUT2D eigenvalue weighted by Gasteiger charge is 2.60. The molecule has 54 heavy (non-hydrogen) atoms. The minimum atomic E-state index is -0.640. The molecule has 0 amide bonds. The van der Waals surface area contributed by atoms with Crippen LogP contribution in [0.5, 0.6) is 23.0 Å². The summed E-state index contributed by atoms with van der Waals surface area (Å²) in [5.74, 6) is 3.60. The number of aryl methyl sites for hydroxylation is 4. The Bertz CT molecular complexity index is 2480. The van der Waals surface area contributed by atoms with Crippen molar-refractivity contribution in [3.8, 4) is 43.9 Å². The van der Waals surface area contributed by atoms with Crippen LogP contribution in [0.15, 0.2) is 146 Å². The molecule has 0 saturated heterocycles. The minimum Gasteiger partial charge on any atom is -0.457 e. The molecule has 2 nitrogen and oxygen atoms in total. The molecule has 2 aromatic heterocycles. The van der Waals surface area contributed by atoms with Crippen molar-refractivity contribution in [1.29, 1.82) is 0 Å². The van der Waals surface area contributed by atoms with E-state index in [2.05, 4.69) is 173 Å². The summed E-state index contributed by atoms with van der Waals surface area (Å²) in [6.07, 6.45) is 0. The number of para-hydroxylation sites is 4. The average molecular weight is 733 g/mol. The second-order valence-corrected chi connectivity index (χ2v) is 17.3. The van der Waals surface area contributed by atoms with Gasteiger partial charge in [-0.2, -0.15) is 0 Å². The van der Waals surface area contributed by atoms with Gasteiger partial charge in [0.05, 0.1) is 10.8 Å². The number of ether oxygens (including phenoxy) is 2. The molecule has 3 aliphatic rings. The van der Waals surface area contributed by atoms with Crippen molar-refractivity contribution in [1.82, 2.24) is 0 Å². The molecule has 8 aromatic rings. The Balaban J connectivity index is 1.38. The van der Waals surface area contributed by atoms with Crippen molar-refractivity contribution in [2.45, 2.75) is 38.5 Å². The third kappa shape index (κ3) is 4.21. The van der Waals surface area contributed by atoms with Crippen LogP contribution in [-0.4, -0.2) is 0 Å². The smallest absolute Gasteiger partial charge is 0.132 e. The van der Waals surface area contributed by atoms with Crippen LogP contribution in [0, 0.1) is 27.7 Å². The Labute approximate surface area is 324 Å². The first-order chi connectivity index (χ1) is 26.3. The van der Waals surface area contributed by atoms with Crippen LogP contribution in [0.1, 0.15) is 65.4 Å². The summed E-state index contributed by atoms with van der Waals surface area (Å²) in [7, 11) is 0. The molecule has 260 valence electrons. The normalized spacial score (nSPS) is 14.9. The van der Waals surface area contributed by atoms with E-state index >= 15 is 0 Å². The predicted octanol–water partition coefficient (Wildman–Crippen LogP) is 13.7. The fourth-order valence-corrected chi connectivity index (χ4v) is 12.6. The fraction of sp³-hybridized carbons (Fsp3) is 0.120. The monoisotopic (exact) mass is 732 g/mol. The third-order valence-electron chi connectivity index (χ3n) is 11.6. The van der Waals surface area contributed by atoms with Crippen LogP contribution in [-0.2, 0) is 10.8 Å². The highest BCUT2D eigenvalue weighted by atomic mass is 32.1. The van der Waals surface area contributed by atoms with Crippen LogP contribution in [0.2, 0.25) is 0 Å². The number of hydrogen-bond donors (Lipinski definition) is 0. The number of benzene rings is 6. The topological polar surface area (TPSA) is 18.5 Å². The van der Waals surface area contributed by atoms with Crippen LogP contribution in [0.25, 0.3) is 20.9 Å². The van der Waals surface area contributed by atoms with Gasteiger partial charge in [0.1, 0.15) is 23.0 Å². The molecule has 0 bridgehead atoms. The molecular formula is C50H36O2S2. The van der Waals surface area contributed by atoms with Gasteiger partial charge in [0.15, 0.2) is 0 Å². The van der Waals surface area contributed by atoms with E-state index in [0.717, 1.165) is 23.0 Å². The second-order valence-electron chi connectivity index (χ2n) is 15.1. The van der Waals surface area contributed by atoms with Gasteiger partial charge in [-0.1, -0.05) is 131 Å². The van der Waals surface area contributed by atoms with Crippen molar-refractivity contribution in [2.75, 3.05) is 0 Å². The van der Waals surface area contributed by atoms with E-state index in [1.54, 1.807) is 0 Å². The van der Waals surface area contributed by atoms with Crippen molar-refractivity contribution in [3.05, 3.63) is 211 Å². The third-order valence-corrected chi connectivity index (χ3v) is 14.2. The highest BCUT2D eigenvalue weighted by Crippen LogP contribution is 2.70. The molecule has 0 unspecified atom stereocenters. The van der Waals surface area contributed by atoms with E-state index in [1.807, 2.05) is 22.7 Å². The van der Waals surface area contributed by atoms with E-state index in [4.69, 9.17) is 9.47 Å². The van der Waals surface area contributed by atoms with E-state index in [0.29, 0.717) is 0 Å². The first kappa shape index (κ1) is 31.8. The lowest BCUT2D eigenvalue weighted by Crippen LogP contribution is -2.45. The predicted molar refractivity (Wildman–Crippen MR) is 222 cm³/mol. The maximum atomic E-state index is 6.82. The summed E-state index contributed by atoms with van der Waals surface area (Å²) in [5.41, 5.74) is 13.6. The maximum absolute atomic E-state index is 6.82. The molecule has 0 atom stereocenters. The van der Waals surface area contributed by atoms with Crippen molar-refractivity contribution in [2.24, 2.45) is 0 Å². The van der Waals surface area contributed by atoms with Gasteiger partial charge in [0.2, 0.25) is 0 Å². The summed E-state index contributed by atoms with van der Waals surface area (Å²) < 4.78 is 13.6. The zero-order chi connectivity index (χ0) is 36.3.